The fraction of sp³-hybridized carbons (Fsp3) is 0.467. The Morgan fingerprint density at radius 1 is 1.40 bits per heavy atom. The molecule has 0 fully saturated rings. The third kappa shape index (κ3) is 2.96. The van der Waals surface area contributed by atoms with E-state index in [-0.39, 0.29) is 0 Å². The van der Waals surface area contributed by atoms with Crippen LogP contribution in [0.15, 0.2) is 18.2 Å². The number of carbonyl (C=O) groups excluding carboxylic acids is 1. The lowest BCUT2D eigenvalue weighted by Crippen LogP contribution is -2.38. The fourth-order valence-corrected chi connectivity index (χ4v) is 2.84. The van der Waals surface area contributed by atoms with Crippen LogP contribution in [0.3, 0.4) is 0 Å². The predicted octanol–water partition coefficient (Wildman–Crippen LogP) is 3.31. The van der Waals surface area contributed by atoms with E-state index < -0.39 is 23.1 Å². The molecular formula is C15H19ClO4. The number of benzene rings is 1. The van der Waals surface area contributed by atoms with Crippen LogP contribution in [0.2, 0.25) is 5.02 Å². The van der Waals surface area contributed by atoms with Crippen molar-refractivity contribution in [3.63, 3.8) is 0 Å². The Morgan fingerprint density at radius 3 is 2.45 bits per heavy atom. The van der Waals surface area contributed by atoms with E-state index in [0.717, 1.165) is 5.56 Å². The summed E-state index contributed by atoms with van der Waals surface area (Å²) in [7, 11) is 1.50. The van der Waals surface area contributed by atoms with Crippen molar-refractivity contribution in [1.82, 2.24) is 0 Å². The predicted molar refractivity (Wildman–Crippen MR) is 77.5 cm³/mol. The molecule has 1 aromatic rings. The molecule has 0 aliphatic rings. The van der Waals surface area contributed by atoms with Gasteiger partial charge in [0, 0.05) is 16.9 Å². The highest BCUT2D eigenvalue weighted by Gasteiger charge is 2.40. The summed E-state index contributed by atoms with van der Waals surface area (Å²) in [6, 6.07) is 5.27. The SMILES string of the molecule is CCC(C(=O)C(=O)O)C(C)(C)c1cccc(Cl)c1OC. The molecule has 0 radical (unpaired) electrons. The molecule has 1 rings (SSSR count). The van der Waals surface area contributed by atoms with Crippen LogP contribution in [0.1, 0.15) is 32.8 Å². The Labute approximate surface area is 123 Å². The zero-order valence-electron chi connectivity index (χ0n) is 12.1. The second-order valence-electron chi connectivity index (χ2n) is 5.17. The molecule has 0 heterocycles. The average Bonchev–Trinajstić information content (AvgIpc) is 2.38. The van der Waals surface area contributed by atoms with E-state index >= 15 is 0 Å². The fourth-order valence-electron chi connectivity index (χ4n) is 2.58. The van der Waals surface area contributed by atoms with Gasteiger partial charge < -0.3 is 9.84 Å². The van der Waals surface area contributed by atoms with Crippen LogP contribution in [0.4, 0.5) is 0 Å². The van der Waals surface area contributed by atoms with Crippen molar-refractivity contribution in [2.75, 3.05) is 7.11 Å². The lowest BCUT2D eigenvalue weighted by Gasteiger charge is -2.33. The first-order valence-corrected chi connectivity index (χ1v) is 6.75. The molecule has 0 amide bonds. The van der Waals surface area contributed by atoms with Crippen LogP contribution in [0, 0.1) is 5.92 Å². The minimum atomic E-state index is -1.41. The van der Waals surface area contributed by atoms with Crippen LogP contribution >= 0.6 is 11.6 Å². The monoisotopic (exact) mass is 298 g/mol. The lowest BCUT2D eigenvalue weighted by molar-refractivity contribution is -0.152. The highest BCUT2D eigenvalue weighted by molar-refractivity contribution is 6.34. The first-order valence-electron chi connectivity index (χ1n) is 6.37. The van der Waals surface area contributed by atoms with Crippen LogP contribution in [-0.4, -0.2) is 24.0 Å². The molecule has 20 heavy (non-hydrogen) atoms. The topological polar surface area (TPSA) is 63.6 Å². The Balaban J connectivity index is 3.37. The minimum absolute atomic E-state index is 0.424. The molecule has 1 atom stereocenters. The van der Waals surface area contributed by atoms with E-state index in [2.05, 4.69) is 0 Å². The van der Waals surface area contributed by atoms with Gasteiger partial charge in [-0.2, -0.15) is 0 Å². The largest absolute Gasteiger partial charge is 0.495 e. The number of aliphatic carboxylic acids is 1. The standard InChI is InChI=1S/C15H19ClO4/c1-5-9(12(17)14(18)19)15(2,3)10-7-6-8-11(16)13(10)20-4/h6-9H,5H2,1-4H3,(H,18,19). The molecule has 1 aromatic carbocycles. The molecule has 0 bridgehead atoms. The van der Waals surface area contributed by atoms with E-state index in [1.807, 2.05) is 19.9 Å². The van der Waals surface area contributed by atoms with E-state index in [1.165, 1.54) is 7.11 Å². The molecule has 5 heteroatoms. The van der Waals surface area contributed by atoms with Crippen LogP contribution in [0.25, 0.3) is 0 Å². The van der Waals surface area contributed by atoms with E-state index in [9.17, 15) is 9.59 Å². The number of carbonyl (C=O) groups is 2. The van der Waals surface area contributed by atoms with Crippen molar-refractivity contribution in [3.8, 4) is 5.75 Å². The van der Waals surface area contributed by atoms with Crippen LogP contribution in [0.5, 0.6) is 5.75 Å². The number of Topliss-reactive ketones (excluding diaryl/α,β-unsaturated/α-hetero) is 1. The summed E-state index contributed by atoms with van der Waals surface area (Å²) in [4.78, 5) is 22.9. The normalized spacial score (nSPS) is 12.8. The Kier molecular flexibility index (Phi) is 5.17. The molecule has 0 saturated heterocycles. The first kappa shape index (κ1) is 16.5. The molecule has 0 aliphatic carbocycles. The van der Waals surface area contributed by atoms with E-state index in [4.69, 9.17) is 21.4 Å². The van der Waals surface area contributed by atoms with Crippen molar-refractivity contribution in [3.05, 3.63) is 28.8 Å². The summed E-state index contributed by atoms with van der Waals surface area (Å²) >= 11 is 6.10. The van der Waals surface area contributed by atoms with E-state index in [1.54, 1.807) is 19.1 Å². The van der Waals surface area contributed by atoms with E-state index in [0.29, 0.717) is 17.2 Å². The van der Waals surface area contributed by atoms with Crippen molar-refractivity contribution < 1.29 is 19.4 Å². The number of para-hydroxylation sites is 1. The van der Waals surface area contributed by atoms with Gasteiger partial charge in [-0.05, 0) is 12.5 Å². The van der Waals surface area contributed by atoms with Gasteiger partial charge in [0.05, 0.1) is 12.1 Å². The number of rotatable bonds is 6. The number of ketones is 1. The molecular weight excluding hydrogens is 280 g/mol. The number of hydrogen-bond donors (Lipinski definition) is 1. The number of ether oxygens (including phenoxy) is 1. The maximum atomic E-state index is 11.9. The molecule has 0 aliphatic heterocycles. The van der Waals surface area contributed by atoms with Gasteiger partial charge in [0.2, 0.25) is 5.78 Å². The molecule has 0 saturated carbocycles. The third-order valence-electron chi connectivity index (χ3n) is 3.67. The summed E-state index contributed by atoms with van der Waals surface area (Å²) in [5.41, 5.74) is 0.0365. The quantitative estimate of drug-likeness (QED) is 0.818. The molecule has 1 N–H and O–H groups in total. The number of halogens is 1. The summed E-state index contributed by atoms with van der Waals surface area (Å²) in [6.07, 6.45) is 0.424. The molecule has 4 nitrogen and oxygen atoms in total. The summed E-state index contributed by atoms with van der Waals surface area (Å²) in [5.74, 6) is -2.37. The molecule has 110 valence electrons. The summed E-state index contributed by atoms with van der Waals surface area (Å²) in [6.45, 7) is 5.46. The zero-order valence-corrected chi connectivity index (χ0v) is 12.8. The smallest absolute Gasteiger partial charge is 0.372 e. The number of methoxy groups -OCH3 is 1. The van der Waals surface area contributed by atoms with Crippen LogP contribution < -0.4 is 4.74 Å². The van der Waals surface area contributed by atoms with Gasteiger partial charge in [-0.3, -0.25) is 4.79 Å². The Hall–Kier alpha value is -1.55. The van der Waals surface area contributed by atoms with Crippen molar-refractivity contribution in [1.29, 1.82) is 0 Å². The van der Waals surface area contributed by atoms with Crippen LogP contribution in [-0.2, 0) is 15.0 Å². The number of hydrogen-bond acceptors (Lipinski definition) is 3. The van der Waals surface area contributed by atoms with Gasteiger partial charge in [-0.25, -0.2) is 4.79 Å². The first-order chi connectivity index (χ1) is 9.27. The maximum absolute atomic E-state index is 11.9. The summed E-state index contributed by atoms with van der Waals surface area (Å²) in [5, 5.41) is 9.41. The number of carboxylic acid groups (broad SMARTS) is 1. The summed E-state index contributed by atoms with van der Waals surface area (Å²) < 4.78 is 5.31. The Morgan fingerprint density at radius 2 is 2.00 bits per heavy atom. The van der Waals surface area contributed by atoms with Gasteiger partial charge >= 0.3 is 5.97 Å². The van der Waals surface area contributed by atoms with Gasteiger partial charge in [-0.1, -0.05) is 44.5 Å². The highest BCUT2D eigenvalue weighted by Crippen LogP contribution is 2.42. The second-order valence-corrected chi connectivity index (χ2v) is 5.58. The van der Waals surface area contributed by atoms with Gasteiger partial charge in [0.15, 0.2) is 0 Å². The Bertz CT molecular complexity index is 523. The minimum Gasteiger partial charge on any atom is -0.495 e. The van der Waals surface area contributed by atoms with Gasteiger partial charge in [0.1, 0.15) is 5.75 Å². The maximum Gasteiger partial charge on any atom is 0.372 e. The van der Waals surface area contributed by atoms with Crippen molar-refractivity contribution in [2.24, 2.45) is 5.92 Å². The van der Waals surface area contributed by atoms with Crippen molar-refractivity contribution >= 4 is 23.4 Å². The number of carboxylic acids is 1. The molecule has 1 unspecified atom stereocenters. The van der Waals surface area contributed by atoms with Gasteiger partial charge in [-0.15, -0.1) is 0 Å². The average molecular weight is 299 g/mol. The molecule has 0 spiro atoms. The zero-order chi connectivity index (χ0) is 15.5. The van der Waals surface area contributed by atoms with Gasteiger partial charge in [0.25, 0.3) is 0 Å². The molecule has 0 aromatic heterocycles. The second kappa shape index (κ2) is 6.27. The lowest BCUT2D eigenvalue weighted by atomic mass is 9.70. The van der Waals surface area contributed by atoms with Crippen molar-refractivity contribution in [2.45, 2.75) is 32.6 Å². The highest BCUT2D eigenvalue weighted by atomic mass is 35.5. The third-order valence-corrected chi connectivity index (χ3v) is 3.97.